The number of nitrogens with two attached hydrogens (primary N) is 1. The summed E-state index contributed by atoms with van der Waals surface area (Å²) in [6, 6.07) is 2.20. The first-order chi connectivity index (χ1) is 9.99. The number of halogens is 2. The topological polar surface area (TPSA) is 35.2 Å². The molecule has 0 radical (unpaired) electrons. The third kappa shape index (κ3) is 2.36. The average Bonchev–Trinajstić information content (AvgIpc) is 2.43. The van der Waals surface area contributed by atoms with Crippen molar-refractivity contribution in [3.63, 3.8) is 0 Å². The lowest BCUT2D eigenvalue weighted by molar-refractivity contribution is 0.201. The Morgan fingerprint density at radius 3 is 2.76 bits per heavy atom. The Kier molecular flexibility index (Phi) is 4.15. The predicted octanol–water partition coefficient (Wildman–Crippen LogP) is 4.72. The van der Waals surface area contributed by atoms with Crippen LogP contribution in [-0.4, -0.2) is 13.2 Å². The summed E-state index contributed by atoms with van der Waals surface area (Å²) in [5.74, 6) is 1.12. The van der Waals surface area contributed by atoms with E-state index in [1.165, 1.54) is 36.8 Å². The molecule has 2 aliphatic carbocycles. The fourth-order valence-electron chi connectivity index (χ4n) is 4.36. The van der Waals surface area contributed by atoms with Crippen LogP contribution < -0.4 is 10.5 Å². The van der Waals surface area contributed by atoms with Crippen LogP contribution in [0.4, 0.5) is 0 Å². The van der Waals surface area contributed by atoms with Crippen LogP contribution in [0.3, 0.4) is 0 Å². The van der Waals surface area contributed by atoms with Crippen molar-refractivity contribution < 1.29 is 4.74 Å². The third-order valence-electron chi connectivity index (χ3n) is 5.53. The highest BCUT2D eigenvalue weighted by Gasteiger charge is 2.45. The second-order valence-corrected chi connectivity index (χ2v) is 7.53. The first-order valence-corrected chi connectivity index (χ1v) is 8.55. The quantitative estimate of drug-likeness (QED) is 0.809. The molecule has 1 aromatic carbocycles. The van der Waals surface area contributed by atoms with Gasteiger partial charge in [-0.3, -0.25) is 0 Å². The summed E-state index contributed by atoms with van der Waals surface area (Å²) in [4.78, 5) is 0. The molecule has 116 valence electrons. The van der Waals surface area contributed by atoms with Crippen molar-refractivity contribution >= 4 is 23.2 Å². The molecule has 3 rings (SSSR count). The van der Waals surface area contributed by atoms with Gasteiger partial charge in [-0.05, 0) is 42.4 Å². The van der Waals surface area contributed by atoms with E-state index in [0.717, 1.165) is 12.8 Å². The molecule has 1 fully saturated rings. The van der Waals surface area contributed by atoms with E-state index in [4.69, 9.17) is 33.7 Å². The molecular formula is C17H23Cl2NO. The smallest absolute Gasteiger partial charge is 0.156 e. The standard InChI is InChI=1S/C17H23Cl2NO/c1-17-7-5-3-4-6-10(16(17)20)8-11-9-12(18)15(21-2)14(19)13(11)17/h9-10,16H,3-8,20H2,1-2H3. The Morgan fingerprint density at radius 2 is 2.05 bits per heavy atom. The first kappa shape index (κ1) is 15.5. The maximum absolute atomic E-state index is 6.67. The lowest BCUT2D eigenvalue weighted by Crippen LogP contribution is -2.53. The van der Waals surface area contributed by atoms with Crippen molar-refractivity contribution in [3.05, 3.63) is 27.2 Å². The zero-order valence-corrected chi connectivity index (χ0v) is 14.2. The molecule has 2 aliphatic rings. The van der Waals surface area contributed by atoms with Gasteiger partial charge >= 0.3 is 0 Å². The van der Waals surface area contributed by atoms with E-state index in [2.05, 4.69) is 6.92 Å². The molecule has 0 saturated heterocycles. The van der Waals surface area contributed by atoms with Crippen molar-refractivity contribution in [2.45, 2.75) is 56.9 Å². The molecule has 0 aliphatic heterocycles. The van der Waals surface area contributed by atoms with E-state index >= 15 is 0 Å². The minimum atomic E-state index is -0.0758. The molecule has 1 saturated carbocycles. The van der Waals surface area contributed by atoms with Crippen LogP contribution in [0, 0.1) is 5.92 Å². The minimum Gasteiger partial charge on any atom is -0.494 e. The van der Waals surface area contributed by atoms with E-state index in [-0.39, 0.29) is 11.5 Å². The summed E-state index contributed by atoms with van der Waals surface area (Å²) in [5.41, 5.74) is 9.04. The molecule has 0 amide bonds. The van der Waals surface area contributed by atoms with Crippen LogP contribution in [-0.2, 0) is 11.8 Å². The van der Waals surface area contributed by atoms with Gasteiger partial charge in [-0.25, -0.2) is 0 Å². The molecular weight excluding hydrogens is 305 g/mol. The lowest BCUT2D eigenvalue weighted by Gasteiger charge is -2.48. The molecule has 2 bridgehead atoms. The maximum atomic E-state index is 6.67. The van der Waals surface area contributed by atoms with E-state index < -0.39 is 0 Å². The molecule has 1 aromatic rings. The van der Waals surface area contributed by atoms with Crippen LogP contribution in [0.15, 0.2) is 6.07 Å². The zero-order chi connectivity index (χ0) is 15.2. The molecule has 3 unspecified atom stereocenters. The van der Waals surface area contributed by atoms with Crippen LogP contribution in [0.25, 0.3) is 0 Å². The van der Waals surface area contributed by atoms with Gasteiger partial charge < -0.3 is 10.5 Å². The van der Waals surface area contributed by atoms with E-state index in [1.807, 2.05) is 6.07 Å². The van der Waals surface area contributed by atoms with Gasteiger partial charge in [-0.2, -0.15) is 0 Å². The molecule has 2 N–H and O–H groups in total. The van der Waals surface area contributed by atoms with Crippen molar-refractivity contribution in [1.82, 2.24) is 0 Å². The number of hydrogen-bond acceptors (Lipinski definition) is 2. The summed E-state index contributed by atoms with van der Waals surface area (Å²) in [7, 11) is 1.62. The van der Waals surface area contributed by atoms with Crippen molar-refractivity contribution in [2.24, 2.45) is 11.7 Å². The van der Waals surface area contributed by atoms with Crippen LogP contribution in [0.5, 0.6) is 5.75 Å². The molecule has 21 heavy (non-hydrogen) atoms. The number of methoxy groups -OCH3 is 1. The number of benzene rings is 1. The SMILES string of the molecule is COc1c(Cl)cc2c(c1Cl)C1(C)CCCCCC(C2)C1N. The van der Waals surface area contributed by atoms with E-state index in [1.54, 1.807) is 7.11 Å². The highest BCUT2D eigenvalue weighted by molar-refractivity contribution is 6.38. The van der Waals surface area contributed by atoms with Gasteiger partial charge in [0, 0.05) is 11.5 Å². The normalized spacial score (nSPS) is 32.0. The predicted molar refractivity (Wildman–Crippen MR) is 88.6 cm³/mol. The van der Waals surface area contributed by atoms with Gasteiger partial charge in [-0.15, -0.1) is 0 Å². The van der Waals surface area contributed by atoms with Gasteiger partial charge in [0.2, 0.25) is 0 Å². The van der Waals surface area contributed by atoms with Gasteiger partial charge in [0.05, 0.1) is 17.2 Å². The summed E-state index contributed by atoms with van der Waals surface area (Å²) >= 11 is 13.0. The monoisotopic (exact) mass is 327 g/mol. The number of fused-ring (bicyclic) bond motifs is 4. The fourth-order valence-corrected chi connectivity index (χ4v) is 5.23. The highest BCUT2D eigenvalue weighted by atomic mass is 35.5. The van der Waals surface area contributed by atoms with Gasteiger partial charge in [-0.1, -0.05) is 49.4 Å². The van der Waals surface area contributed by atoms with Gasteiger partial charge in [0.1, 0.15) is 0 Å². The molecule has 3 atom stereocenters. The Balaban J connectivity index is 2.21. The largest absolute Gasteiger partial charge is 0.494 e. The molecule has 0 heterocycles. The second-order valence-electron chi connectivity index (χ2n) is 6.75. The molecule has 0 aromatic heterocycles. The Morgan fingerprint density at radius 1 is 1.29 bits per heavy atom. The molecule has 0 spiro atoms. The number of hydrogen-bond donors (Lipinski definition) is 1. The van der Waals surface area contributed by atoms with Gasteiger partial charge in [0.15, 0.2) is 5.75 Å². The third-order valence-corrected chi connectivity index (χ3v) is 6.17. The first-order valence-electron chi connectivity index (χ1n) is 7.80. The molecule has 4 heteroatoms. The molecule has 2 nitrogen and oxygen atoms in total. The fraction of sp³-hybridized carbons (Fsp3) is 0.647. The van der Waals surface area contributed by atoms with Crippen LogP contribution in [0.1, 0.15) is 50.2 Å². The highest BCUT2D eigenvalue weighted by Crippen LogP contribution is 2.51. The van der Waals surface area contributed by atoms with Crippen LogP contribution in [0.2, 0.25) is 10.0 Å². The van der Waals surface area contributed by atoms with E-state index in [9.17, 15) is 0 Å². The summed E-state index contributed by atoms with van der Waals surface area (Å²) < 4.78 is 5.41. The zero-order valence-electron chi connectivity index (χ0n) is 12.7. The Labute approximate surface area is 136 Å². The van der Waals surface area contributed by atoms with Gasteiger partial charge in [0.25, 0.3) is 0 Å². The van der Waals surface area contributed by atoms with Crippen molar-refractivity contribution in [2.75, 3.05) is 7.11 Å². The summed E-state index contributed by atoms with van der Waals surface area (Å²) in [6.45, 7) is 2.27. The number of ether oxygens (including phenoxy) is 1. The van der Waals surface area contributed by atoms with Crippen molar-refractivity contribution in [3.8, 4) is 5.75 Å². The van der Waals surface area contributed by atoms with Crippen LogP contribution >= 0.6 is 23.2 Å². The maximum Gasteiger partial charge on any atom is 0.156 e. The summed E-state index contributed by atoms with van der Waals surface area (Å²) in [5, 5.41) is 1.27. The Hall–Kier alpha value is -0.440. The lowest BCUT2D eigenvalue weighted by atomic mass is 9.60. The second kappa shape index (κ2) is 5.64. The summed E-state index contributed by atoms with van der Waals surface area (Å²) in [6.07, 6.45) is 7.05. The van der Waals surface area contributed by atoms with Crippen molar-refractivity contribution in [1.29, 1.82) is 0 Å². The van der Waals surface area contributed by atoms with E-state index in [0.29, 0.717) is 21.7 Å². The number of rotatable bonds is 1. The minimum absolute atomic E-state index is 0.0758. The Bertz CT molecular complexity index is 560. The average molecular weight is 328 g/mol.